The quantitative estimate of drug-likeness (QED) is 0.496. The molecule has 0 N–H and O–H groups in total. The summed E-state index contributed by atoms with van der Waals surface area (Å²) in [5.41, 5.74) is 0.638. The summed E-state index contributed by atoms with van der Waals surface area (Å²) in [6.07, 6.45) is 0. The monoisotopic (exact) mass is 442 g/mol. The Morgan fingerprint density at radius 3 is 2.52 bits per heavy atom. The fourth-order valence-corrected chi connectivity index (χ4v) is 3.89. The molecule has 3 aromatic rings. The molecule has 2 heterocycles. The van der Waals surface area contributed by atoms with Gasteiger partial charge in [-0.25, -0.2) is 4.39 Å². The highest BCUT2D eigenvalue weighted by atomic mass is 32.2. The van der Waals surface area contributed by atoms with E-state index in [0.29, 0.717) is 36.4 Å². The van der Waals surface area contributed by atoms with Crippen molar-refractivity contribution in [3.63, 3.8) is 0 Å². The van der Waals surface area contributed by atoms with Crippen LogP contribution in [-0.2, 0) is 4.79 Å². The van der Waals surface area contributed by atoms with Gasteiger partial charge >= 0.3 is 0 Å². The first-order chi connectivity index (χ1) is 15.2. The van der Waals surface area contributed by atoms with E-state index in [-0.39, 0.29) is 17.5 Å². The molecule has 0 aliphatic carbocycles. The predicted molar refractivity (Wildman–Crippen MR) is 115 cm³/mol. The highest BCUT2D eigenvalue weighted by Gasteiger charge is 2.22. The van der Waals surface area contributed by atoms with Gasteiger partial charge in [-0.2, -0.15) is 0 Å². The van der Waals surface area contributed by atoms with Gasteiger partial charge in [-0.3, -0.25) is 9.69 Å². The molecule has 7 nitrogen and oxygen atoms in total. The van der Waals surface area contributed by atoms with Gasteiger partial charge in [-0.15, -0.1) is 10.2 Å². The lowest BCUT2D eigenvalue weighted by Crippen LogP contribution is -2.50. The van der Waals surface area contributed by atoms with Crippen LogP contribution < -0.4 is 4.74 Å². The summed E-state index contributed by atoms with van der Waals surface area (Å²) in [6, 6.07) is 15.6. The first-order valence-electron chi connectivity index (χ1n) is 10.1. The summed E-state index contributed by atoms with van der Waals surface area (Å²) in [6.45, 7) is 4.49. The van der Waals surface area contributed by atoms with Crippen molar-refractivity contribution >= 4 is 17.7 Å². The summed E-state index contributed by atoms with van der Waals surface area (Å²) in [7, 11) is 0. The lowest BCUT2D eigenvalue weighted by molar-refractivity contribution is -0.130. The summed E-state index contributed by atoms with van der Waals surface area (Å²) in [4.78, 5) is 16.7. The Morgan fingerprint density at radius 2 is 1.77 bits per heavy atom. The molecule has 31 heavy (non-hydrogen) atoms. The fraction of sp³-hybridized carbons (Fsp3) is 0.318. The van der Waals surface area contributed by atoms with Crippen molar-refractivity contribution in [1.29, 1.82) is 0 Å². The summed E-state index contributed by atoms with van der Waals surface area (Å²) in [5, 5.41) is 8.25. The van der Waals surface area contributed by atoms with Crippen LogP contribution in [0, 0.1) is 5.82 Å². The predicted octanol–water partition coefficient (Wildman–Crippen LogP) is 3.19. The van der Waals surface area contributed by atoms with E-state index in [1.807, 2.05) is 35.2 Å². The summed E-state index contributed by atoms with van der Waals surface area (Å²) >= 11 is 1.21. The molecule has 9 heteroatoms. The van der Waals surface area contributed by atoms with E-state index >= 15 is 0 Å². The van der Waals surface area contributed by atoms with E-state index in [4.69, 9.17) is 9.15 Å². The number of ether oxygens (including phenoxy) is 1. The van der Waals surface area contributed by atoms with Crippen molar-refractivity contribution < 1.29 is 18.3 Å². The maximum atomic E-state index is 13.0. The molecule has 1 fully saturated rings. The molecule has 0 radical (unpaired) electrons. The van der Waals surface area contributed by atoms with Gasteiger partial charge in [-0.1, -0.05) is 30.0 Å². The molecule has 1 aromatic heterocycles. The third-order valence-corrected chi connectivity index (χ3v) is 5.76. The average molecular weight is 443 g/mol. The van der Waals surface area contributed by atoms with E-state index < -0.39 is 0 Å². The molecule has 1 amide bonds. The number of amides is 1. The zero-order chi connectivity index (χ0) is 21.5. The van der Waals surface area contributed by atoms with Gasteiger partial charge < -0.3 is 14.1 Å². The third kappa shape index (κ3) is 6.05. The normalized spacial score (nSPS) is 14.5. The SMILES string of the molecule is O=C(CSc1nnc(-c2ccc(F)cc2)o1)N1CCN(CCOc2ccccc2)CC1. The van der Waals surface area contributed by atoms with Gasteiger partial charge in [0.05, 0.1) is 5.75 Å². The number of hydrogen-bond donors (Lipinski definition) is 0. The molecule has 4 rings (SSSR count). The minimum Gasteiger partial charge on any atom is -0.492 e. The van der Waals surface area contributed by atoms with Gasteiger partial charge in [0.1, 0.15) is 18.2 Å². The number of rotatable bonds is 8. The number of piperazine rings is 1. The molecule has 162 valence electrons. The number of benzene rings is 2. The van der Waals surface area contributed by atoms with Crippen LogP contribution in [0.5, 0.6) is 5.75 Å². The van der Waals surface area contributed by atoms with Crippen molar-refractivity contribution in [3.8, 4) is 17.2 Å². The van der Waals surface area contributed by atoms with Crippen LogP contribution in [0.1, 0.15) is 0 Å². The largest absolute Gasteiger partial charge is 0.492 e. The van der Waals surface area contributed by atoms with Gasteiger partial charge in [0, 0.05) is 38.3 Å². The second-order valence-electron chi connectivity index (χ2n) is 7.05. The first-order valence-corrected chi connectivity index (χ1v) is 11.1. The van der Waals surface area contributed by atoms with Crippen molar-refractivity contribution in [2.45, 2.75) is 5.22 Å². The number of carbonyl (C=O) groups excluding carboxylic acids is 1. The number of nitrogens with zero attached hydrogens (tertiary/aromatic N) is 4. The molecule has 0 atom stereocenters. The smallest absolute Gasteiger partial charge is 0.277 e. The highest BCUT2D eigenvalue weighted by Crippen LogP contribution is 2.23. The van der Waals surface area contributed by atoms with Crippen molar-refractivity contribution in [2.24, 2.45) is 0 Å². The zero-order valence-corrected chi connectivity index (χ0v) is 17.8. The molecule has 2 aromatic carbocycles. The maximum absolute atomic E-state index is 13.0. The minimum absolute atomic E-state index is 0.0479. The van der Waals surface area contributed by atoms with Crippen LogP contribution in [0.4, 0.5) is 4.39 Å². The van der Waals surface area contributed by atoms with Crippen molar-refractivity contribution in [2.75, 3.05) is 45.1 Å². The number of halogens is 1. The Kier molecular flexibility index (Phi) is 7.16. The van der Waals surface area contributed by atoms with E-state index in [0.717, 1.165) is 25.4 Å². The third-order valence-electron chi connectivity index (χ3n) is 4.96. The molecule has 1 saturated heterocycles. The van der Waals surface area contributed by atoms with Crippen LogP contribution in [0.15, 0.2) is 64.2 Å². The first kappa shape index (κ1) is 21.3. The highest BCUT2D eigenvalue weighted by molar-refractivity contribution is 7.99. The molecule has 0 unspecified atom stereocenters. The van der Waals surface area contributed by atoms with Crippen LogP contribution in [0.25, 0.3) is 11.5 Å². The maximum Gasteiger partial charge on any atom is 0.277 e. The molecule has 0 saturated carbocycles. The van der Waals surface area contributed by atoms with E-state index in [2.05, 4.69) is 15.1 Å². The fourth-order valence-electron chi connectivity index (χ4n) is 3.22. The summed E-state index contributed by atoms with van der Waals surface area (Å²) in [5.74, 6) is 1.14. The Balaban J connectivity index is 1.17. The Hall–Kier alpha value is -2.91. The number of para-hydroxylation sites is 1. The van der Waals surface area contributed by atoms with Crippen LogP contribution in [0.2, 0.25) is 0 Å². The van der Waals surface area contributed by atoms with E-state index in [1.165, 1.54) is 23.9 Å². The second-order valence-corrected chi connectivity index (χ2v) is 7.98. The molecular formula is C22H23FN4O3S. The van der Waals surface area contributed by atoms with Crippen LogP contribution >= 0.6 is 11.8 Å². The van der Waals surface area contributed by atoms with Crippen molar-refractivity contribution in [1.82, 2.24) is 20.0 Å². The standard InChI is InChI=1S/C22H23FN4O3S/c23-18-8-6-17(7-9-18)21-24-25-22(30-21)31-16-20(28)27-12-10-26(11-13-27)14-15-29-19-4-2-1-3-5-19/h1-9H,10-16H2. The lowest BCUT2D eigenvalue weighted by atomic mass is 10.2. The average Bonchev–Trinajstić information content (AvgIpc) is 3.28. The van der Waals surface area contributed by atoms with Gasteiger partial charge in [0.2, 0.25) is 11.8 Å². The van der Waals surface area contributed by atoms with Gasteiger partial charge in [0.15, 0.2) is 0 Å². The van der Waals surface area contributed by atoms with Crippen LogP contribution in [-0.4, -0.2) is 71.0 Å². The van der Waals surface area contributed by atoms with Crippen LogP contribution in [0.3, 0.4) is 0 Å². The van der Waals surface area contributed by atoms with E-state index in [1.54, 1.807) is 12.1 Å². The van der Waals surface area contributed by atoms with Gasteiger partial charge in [-0.05, 0) is 36.4 Å². The lowest BCUT2D eigenvalue weighted by Gasteiger charge is -2.34. The molecule has 0 bridgehead atoms. The zero-order valence-electron chi connectivity index (χ0n) is 16.9. The number of carbonyl (C=O) groups is 1. The van der Waals surface area contributed by atoms with Gasteiger partial charge in [0.25, 0.3) is 5.22 Å². The number of hydrogen-bond acceptors (Lipinski definition) is 7. The summed E-state index contributed by atoms with van der Waals surface area (Å²) < 4.78 is 24.3. The number of aromatic nitrogens is 2. The minimum atomic E-state index is -0.327. The molecule has 1 aliphatic rings. The molecule has 0 spiro atoms. The Labute approximate surface area is 184 Å². The van der Waals surface area contributed by atoms with E-state index in [9.17, 15) is 9.18 Å². The molecule has 1 aliphatic heterocycles. The second kappa shape index (κ2) is 10.4. The molecular weight excluding hydrogens is 419 g/mol. The Morgan fingerprint density at radius 1 is 1.03 bits per heavy atom. The van der Waals surface area contributed by atoms with Crippen molar-refractivity contribution in [3.05, 3.63) is 60.4 Å². The topological polar surface area (TPSA) is 71.7 Å². The Bertz CT molecular complexity index is 976. The number of thioether (sulfide) groups is 1.